The molecule has 1 aliphatic rings. The topological polar surface area (TPSA) is 71.5 Å². The number of nitrogens with one attached hydrogen (secondary N) is 1. The van der Waals surface area contributed by atoms with E-state index in [1.54, 1.807) is 18.3 Å². The molecule has 0 bridgehead atoms. The zero-order valence-electron chi connectivity index (χ0n) is 16.4. The molecule has 2 aromatic rings. The summed E-state index contributed by atoms with van der Waals surface area (Å²) < 4.78 is 5.85. The summed E-state index contributed by atoms with van der Waals surface area (Å²) in [6.45, 7) is 6.86. The summed E-state index contributed by atoms with van der Waals surface area (Å²) in [5.74, 6) is 1.18. The quantitative estimate of drug-likeness (QED) is 0.835. The zero-order chi connectivity index (χ0) is 20.1. The highest BCUT2D eigenvalue weighted by Gasteiger charge is 2.23. The Kier molecular flexibility index (Phi) is 6.09. The molecular formula is C22H25N3O3. The molecule has 2 amide bonds. The Bertz CT molecular complexity index is 890. The molecule has 2 heterocycles. The number of likely N-dealkylation sites (N-methyl/N-ethyl adjacent to an activating group) is 1. The van der Waals surface area contributed by atoms with Crippen LogP contribution in [0.2, 0.25) is 0 Å². The van der Waals surface area contributed by atoms with Crippen molar-refractivity contribution in [2.45, 2.75) is 33.2 Å². The smallest absolute Gasteiger partial charge is 0.254 e. The molecule has 6 heteroatoms. The molecule has 6 nitrogen and oxygen atoms in total. The molecular weight excluding hydrogens is 354 g/mol. The van der Waals surface area contributed by atoms with Gasteiger partial charge in [-0.05, 0) is 55.7 Å². The maximum atomic E-state index is 12.4. The lowest BCUT2D eigenvalue weighted by Crippen LogP contribution is -2.37. The van der Waals surface area contributed by atoms with E-state index in [9.17, 15) is 9.59 Å². The van der Waals surface area contributed by atoms with Crippen LogP contribution in [0.15, 0.2) is 42.6 Å². The van der Waals surface area contributed by atoms with Gasteiger partial charge < -0.3 is 15.0 Å². The number of hydrogen-bond acceptors (Lipinski definition) is 4. The summed E-state index contributed by atoms with van der Waals surface area (Å²) in [7, 11) is 0. The SMILES string of the molecule is CCN1CCc2cc(Oc3ccc(/C=C/[C@H](C)NC(C)=O)cn3)ccc2C1=O. The minimum Gasteiger partial charge on any atom is -0.439 e. The van der Waals surface area contributed by atoms with E-state index in [1.165, 1.54) is 6.92 Å². The van der Waals surface area contributed by atoms with Gasteiger partial charge in [0.25, 0.3) is 5.91 Å². The van der Waals surface area contributed by atoms with Crippen LogP contribution in [-0.4, -0.2) is 40.8 Å². The van der Waals surface area contributed by atoms with Crippen LogP contribution in [0.25, 0.3) is 6.08 Å². The van der Waals surface area contributed by atoms with Crippen molar-refractivity contribution in [3.63, 3.8) is 0 Å². The molecule has 0 saturated carbocycles. The third kappa shape index (κ3) is 4.76. The Morgan fingerprint density at radius 2 is 2.18 bits per heavy atom. The van der Waals surface area contributed by atoms with Gasteiger partial charge in [0.05, 0.1) is 0 Å². The molecule has 3 rings (SSSR count). The largest absolute Gasteiger partial charge is 0.439 e. The number of nitrogens with zero attached hydrogens (tertiary/aromatic N) is 2. The number of carbonyl (C=O) groups excluding carboxylic acids is 2. The first kappa shape index (κ1) is 19.6. The van der Waals surface area contributed by atoms with E-state index in [0.717, 1.165) is 36.2 Å². The van der Waals surface area contributed by atoms with Gasteiger partial charge in [-0.3, -0.25) is 9.59 Å². The summed E-state index contributed by atoms with van der Waals surface area (Å²) in [6, 6.07) is 9.21. The van der Waals surface area contributed by atoms with Gasteiger partial charge in [-0.1, -0.05) is 12.2 Å². The van der Waals surface area contributed by atoms with Crippen LogP contribution in [-0.2, 0) is 11.2 Å². The van der Waals surface area contributed by atoms with Crippen LogP contribution in [0.4, 0.5) is 0 Å². The van der Waals surface area contributed by atoms with E-state index in [4.69, 9.17) is 4.74 Å². The van der Waals surface area contributed by atoms with Crippen LogP contribution in [0.1, 0.15) is 42.3 Å². The molecule has 0 aliphatic carbocycles. The molecule has 146 valence electrons. The first-order chi connectivity index (χ1) is 13.5. The number of hydrogen-bond donors (Lipinski definition) is 1. The lowest BCUT2D eigenvalue weighted by Gasteiger charge is -2.27. The summed E-state index contributed by atoms with van der Waals surface area (Å²) >= 11 is 0. The monoisotopic (exact) mass is 379 g/mol. The second kappa shape index (κ2) is 8.69. The Morgan fingerprint density at radius 3 is 2.86 bits per heavy atom. The normalized spacial score (nSPS) is 14.7. The van der Waals surface area contributed by atoms with E-state index in [1.807, 2.05) is 49.1 Å². The van der Waals surface area contributed by atoms with Crippen LogP contribution >= 0.6 is 0 Å². The predicted octanol–water partition coefficient (Wildman–Crippen LogP) is 3.43. The van der Waals surface area contributed by atoms with E-state index in [0.29, 0.717) is 11.6 Å². The van der Waals surface area contributed by atoms with Crippen LogP contribution in [0, 0.1) is 0 Å². The second-order valence-corrected chi connectivity index (χ2v) is 6.83. The van der Waals surface area contributed by atoms with Crippen LogP contribution < -0.4 is 10.1 Å². The Morgan fingerprint density at radius 1 is 1.36 bits per heavy atom. The average Bonchev–Trinajstić information content (AvgIpc) is 2.67. The molecule has 1 aliphatic heterocycles. The lowest BCUT2D eigenvalue weighted by molar-refractivity contribution is -0.119. The predicted molar refractivity (Wildman–Crippen MR) is 108 cm³/mol. The number of fused-ring (bicyclic) bond motifs is 1. The number of carbonyl (C=O) groups is 2. The summed E-state index contributed by atoms with van der Waals surface area (Å²) in [6.07, 6.45) is 6.35. The molecule has 0 unspecified atom stereocenters. The third-order valence-electron chi connectivity index (χ3n) is 4.62. The zero-order valence-corrected chi connectivity index (χ0v) is 16.4. The van der Waals surface area contributed by atoms with Crippen LogP contribution in [0.3, 0.4) is 0 Å². The first-order valence-corrected chi connectivity index (χ1v) is 9.47. The van der Waals surface area contributed by atoms with Crippen molar-refractivity contribution < 1.29 is 14.3 Å². The van der Waals surface area contributed by atoms with E-state index in [2.05, 4.69) is 10.3 Å². The standard InChI is InChI=1S/C22H25N3O3/c1-4-25-12-11-18-13-19(8-9-20(18)22(25)27)28-21-10-7-17(14-23-21)6-5-15(2)24-16(3)26/h5-10,13-15H,4,11-12H2,1-3H3,(H,24,26)/b6-5+/t15-/m0/s1. The summed E-state index contributed by atoms with van der Waals surface area (Å²) in [5.41, 5.74) is 2.68. The summed E-state index contributed by atoms with van der Waals surface area (Å²) in [5, 5.41) is 2.79. The fourth-order valence-corrected chi connectivity index (χ4v) is 3.17. The second-order valence-electron chi connectivity index (χ2n) is 6.83. The number of aromatic nitrogens is 1. The number of pyridine rings is 1. The molecule has 1 aromatic heterocycles. The fourth-order valence-electron chi connectivity index (χ4n) is 3.17. The highest BCUT2D eigenvalue weighted by Crippen LogP contribution is 2.26. The van der Waals surface area contributed by atoms with Gasteiger partial charge in [-0.25, -0.2) is 4.98 Å². The van der Waals surface area contributed by atoms with E-state index < -0.39 is 0 Å². The highest BCUT2D eigenvalue weighted by atomic mass is 16.5. The third-order valence-corrected chi connectivity index (χ3v) is 4.62. The van der Waals surface area contributed by atoms with Gasteiger partial charge in [-0.2, -0.15) is 0 Å². The molecule has 1 atom stereocenters. The minimum atomic E-state index is -0.0619. The van der Waals surface area contributed by atoms with Gasteiger partial charge in [0.2, 0.25) is 11.8 Å². The van der Waals surface area contributed by atoms with Crippen molar-refractivity contribution in [1.29, 1.82) is 0 Å². The Hall–Kier alpha value is -3.15. The van der Waals surface area contributed by atoms with Crippen molar-refractivity contribution in [3.8, 4) is 11.6 Å². The number of amides is 2. The molecule has 1 N–H and O–H groups in total. The van der Waals surface area contributed by atoms with Crippen molar-refractivity contribution in [3.05, 3.63) is 59.3 Å². The van der Waals surface area contributed by atoms with Gasteiger partial charge in [0.15, 0.2) is 0 Å². The van der Waals surface area contributed by atoms with Gasteiger partial charge in [0.1, 0.15) is 5.75 Å². The molecule has 0 radical (unpaired) electrons. The van der Waals surface area contributed by atoms with Crippen molar-refractivity contribution in [1.82, 2.24) is 15.2 Å². The maximum Gasteiger partial charge on any atom is 0.254 e. The number of ether oxygens (including phenoxy) is 1. The fraction of sp³-hybridized carbons (Fsp3) is 0.318. The first-order valence-electron chi connectivity index (χ1n) is 9.47. The van der Waals surface area contributed by atoms with Gasteiger partial charge in [-0.15, -0.1) is 0 Å². The minimum absolute atomic E-state index is 0.0461. The number of rotatable bonds is 6. The van der Waals surface area contributed by atoms with Crippen molar-refractivity contribution >= 4 is 17.9 Å². The maximum absolute atomic E-state index is 12.4. The lowest BCUT2D eigenvalue weighted by atomic mass is 9.99. The molecule has 28 heavy (non-hydrogen) atoms. The molecule has 0 spiro atoms. The Balaban J connectivity index is 1.65. The number of benzene rings is 1. The van der Waals surface area contributed by atoms with E-state index in [-0.39, 0.29) is 17.9 Å². The molecule has 0 saturated heterocycles. The molecule has 1 aromatic carbocycles. The average molecular weight is 379 g/mol. The van der Waals surface area contributed by atoms with Crippen molar-refractivity contribution in [2.24, 2.45) is 0 Å². The summed E-state index contributed by atoms with van der Waals surface area (Å²) in [4.78, 5) is 29.6. The van der Waals surface area contributed by atoms with E-state index >= 15 is 0 Å². The Labute approximate surface area is 165 Å². The van der Waals surface area contributed by atoms with Crippen molar-refractivity contribution in [2.75, 3.05) is 13.1 Å². The van der Waals surface area contributed by atoms with Gasteiger partial charge in [0, 0.05) is 43.9 Å². The highest BCUT2D eigenvalue weighted by molar-refractivity contribution is 5.96. The van der Waals surface area contributed by atoms with Gasteiger partial charge >= 0.3 is 0 Å². The molecule has 0 fully saturated rings. The van der Waals surface area contributed by atoms with Crippen LogP contribution in [0.5, 0.6) is 11.6 Å².